The predicted octanol–water partition coefficient (Wildman–Crippen LogP) is 2.93. The quantitative estimate of drug-likeness (QED) is 0.877. The first-order valence-electron chi connectivity index (χ1n) is 8.28. The number of nitrogens with two attached hydrogens (primary N) is 1. The molecular weight excluding hydrogens is 310 g/mol. The summed E-state index contributed by atoms with van der Waals surface area (Å²) in [7, 11) is 0. The molecule has 24 heavy (non-hydrogen) atoms. The van der Waals surface area contributed by atoms with E-state index in [1.165, 1.54) is 12.1 Å². The van der Waals surface area contributed by atoms with Gasteiger partial charge in [-0.15, -0.1) is 0 Å². The Morgan fingerprint density at radius 1 is 1.08 bits per heavy atom. The number of halogens is 2. The minimum absolute atomic E-state index is 0.129. The Kier molecular flexibility index (Phi) is 4.08. The van der Waals surface area contributed by atoms with Crippen molar-refractivity contribution in [2.24, 2.45) is 5.73 Å². The third-order valence-electron chi connectivity index (χ3n) is 4.89. The summed E-state index contributed by atoms with van der Waals surface area (Å²) in [6.07, 6.45) is 2.00. The lowest BCUT2D eigenvalue weighted by atomic mass is 9.97. The van der Waals surface area contributed by atoms with Crippen molar-refractivity contribution in [3.8, 4) is 11.1 Å². The molecule has 2 N–H and O–H groups in total. The van der Waals surface area contributed by atoms with E-state index in [0.29, 0.717) is 5.56 Å². The number of rotatable bonds is 4. The van der Waals surface area contributed by atoms with Crippen molar-refractivity contribution in [1.29, 1.82) is 0 Å². The van der Waals surface area contributed by atoms with E-state index in [2.05, 4.69) is 4.90 Å². The largest absolute Gasteiger partial charge is 0.357 e. The minimum atomic E-state index is -0.565. The summed E-state index contributed by atoms with van der Waals surface area (Å²) in [5.74, 6) is -1.13. The zero-order valence-corrected chi connectivity index (χ0v) is 13.3. The Labute approximate surface area is 140 Å². The molecule has 0 aromatic heterocycles. The summed E-state index contributed by atoms with van der Waals surface area (Å²) < 4.78 is 32.3. The first kappa shape index (κ1) is 15.7. The Bertz CT molecular complexity index is 728. The average Bonchev–Trinajstić information content (AvgIpc) is 3.33. The van der Waals surface area contributed by atoms with Gasteiger partial charge in [-0.3, -0.25) is 4.90 Å². The maximum Gasteiger partial charge on any atom is 0.134 e. The van der Waals surface area contributed by atoms with E-state index in [1.807, 2.05) is 24.3 Å². The van der Waals surface area contributed by atoms with Crippen LogP contribution >= 0.6 is 0 Å². The summed E-state index contributed by atoms with van der Waals surface area (Å²) in [6, 6.07) is 11.8. The molecule has 3 nitrogen and oxygen atoms in total. The highest BCUT2D eigenvalue weighted by atomic mass is 19.1. The summed E-state index contributed by atoms with van der Waals surface area (Å²) in [4.78, 5) is 2.33. The number of hydrogen-bond acceptors (Lipinski definition) is 3. The van der Waals surface area contributed by atoms with Gasteiger partial charge in [0.25, 0.3) is 0 Å². The fraction of sp³-hybridized carbons (Fsp3) is 0.368. The van der Waals surface area contributed by atoms with Gasteiger partial charge in [0, 0.05) is 24.7 Å². The van der Waals surface area contributed by atoms with Crippen molar-refractivity contribution >= 4 is 0 Å². The van der Waals surface area contributed by atoms with Crippen LogP contribution in [-0.2, 0) is 11.2 Å². The molecule has 0 bridgehead atoms. The lowest BCUT2D eigenvalue weighted by Crippen LogP contribution is -2.42. The van der Waals surface area contributed by atoms with Crippen molar-refractivity contribution in [3.05, 3.63) is 59.7 Å². The minimum Gasteiger partial charge on any atom is -0.357 e. The van der Waals surface area contributed by atoms with Gasteiger partial charge in [0.05, 0.1) is 6.61 Å². The topological polar surface area (TPSA) is 41.8 Å². The highest BCUT2D eigenvalue weighted by Gasteiger charge is 2.41. The van der Waals surface area contributed by atoms with Crippen LogP contribution in [0.4, 0.5) is 8.78 Å². The Morgan fingerprint density at radius 2 is 1.83 bits per heavy atom. The Balaban J connectivity index is 1.58. The van der Waals surface area contributed by atoms with Crippen LogP contribution < -0.4 is 5.73 Å². The molecule has 2 aliphatic rings. The second-order valence-electron chi connectivity index (χ2n) is 6.61. The van der Waals surface area contributed by atoms with Crippen LogP contribution in [0.15, 0.2) is 42.5 Å². The molecule has 2 saturated heterocycles. The molecular formula is C19H20F2N2O. The molecule has 3 unspecified atom stereocenters. The number of epoxide rings is 1. The molecule has 0 spiro atoms. The molecule has 126 valence electrons. The molecule has 2 heterocycles. The molecule has 2 aliphatic heterocycles. The van der Waals surface area contributed by atoms with E-state index < -0.39 is 11.6 Å². The molecule has 2 fully saturated rings. The van der Waals surface area contributed by atoms with Gasteiger partial charge in [-0.1, -0.05) is 24.3 Å². The number of ether oxygens (including phenoxy) is 1. The zero-order chi connectivity index (χ0) is 16.7. The van der Waals surface area contributed by atoms with Crippen LogP contribution in [0.25, 0.3) is 11.1 Å². The van der Waals surface area contributed by atoms with Gasteiger partial charge in [-0.2, -0.15) is 0 Å². The van der Waals surface area contributed by atoms with Gasteiger partial charge in [0.15, 0.2) is 0 Å². The first-order chi connectivity index (χ1) is 11.6. The van der Waals surface area contributed by atoms with Crippen molar-refractivity contribution in [2.75, 3.05) is 13.2 Å². The highest BCUT2D eigenvalue weighted by Crippen LogP contribution is 2.29. The molecule has 0 saturated carbocycles. The Morgan fingerprint density at radius 3 is 2.54 bits per heavy atom. The molecule has 4 rings (SSSR count). The van der Waals surface area contributed by atoms with Crippen molar-refractivity contribution in [1.82, 2.24) is 4.90 Å². The van der Waals surface area contributed by atoms with Gasteiger partial charge in [0.1, 0.15) is 17.9 Å². The summed E-state index contributed by atoms with van der Waals surface area (Å²) in [5.41, 5.74) is 8.75. The first-order valence-corrected chi connectivity index (χ1v) is 8.28. The van der Waals surface area contributed by atoms with Gasteiger partial charge < -0.3 is 10.5 Å². The molecule has 2 aromatic rings. The molecule has 5 heteroatoms. The number of benzene rings is 2. The fourth-order valence-electron chi connectivity index (χ4n) is 3.60. The van der Waals surface area contributed by atoms with Gasteiger partial charge in [-0.25, -0.2) is 8.78 Å². The Hall–Kier alpha value is -1.82. The number of hydrogen-bond donors (Lipinski definition) is 1. The fourth-order valence-corrected chi connectivity index (χ4v) is 3.60. The van der Waals surface area contributed by atoms with E-state index in [4.69, 9.17) is 10.5 Å². The molecule has 3 atom stereocenters. The second-order valence-corrected chi connectivity index (χ2v) is 6.61. The monoisotopic (exact) mass is 330 g/mol. The third kappa shape index (κ3) is 3.20. The van der Waals surface area contributed by atoms with E-state index in [-0.39, 0.29) is 18.3 Å². The van der Waals surface area contributed by atoms with E-state index >= 15 is 0 Å². The van der Waals surface area contributed by atoms with E-state index in [0.717, 1.165) is 43.2 Å². The van der Waals surface area contributed by atoms with E-state index in [9.17, 15) is 8.78 Å². The SMILES string of the molecule is NC1CCN(C2CO2)C1Cc1cccc(-c2cc(F)cc(F)c2)c1. The van der Waals surface area contributed by atoms with Crippen LogP contribution in [0.3, 0.4) is 0 Å². The lowest BCUT2D eigenvalue weighted by molar-refractivity contribution is 0.156. The average molecular weight is 330 g/mol. The number of likely N-dealkylation sites (tertiary alicyclic amines) is 1. The molecule has 0 aliphatic carbocycles. The van der Waals surface area contributed by atoms with Crippen LogP contribution in [0.5, 0.6) is 0 Å². The lowest BCUT2D eigenvalue weighted by Gasteiger charge is -2.25. The molecule has 0 amide bonds. The van der Waals surface area contributed by atoms with Crippen molar-refractivity contribution in [3.63, 3.8) is 0 Å². The van der Waals surface area contributed by atoms with Crippen LogP contribution in [0, 0.1) is 11.6 Å². The zero-order valence-electron chi connectivity index (χ0n) is 13.3. The smallest absolute Gasteiger partial charge is 0.134 e. The van der Waals surface area contributed by atoms with Crippen LogP contribution in [-0.4, -0.2) is 36.4 Å². The maximum atomic E-state index is 13.5. The summed E-state index contributed by atoms with van der Waals surface area (Å²) in [6.45, 7) is 1.75. The molecule has 0 radical (unpaired) electrons. The van der Waals surface area contributed by atoms with Crippen LogP contribution in [0.2, 0.25) is 0 Å². The van der Waals surface area contributed by atoms with Gasteiger partial charge >= 0.3 is 0 Å². The van der Waals surface area contributed by atoms with Crippen molar-refractivity contribution < 1.29 is 13.5 Å². The standard InChI is InChI=1S/C19H20F2N2O/c20-15-8-14(9-16(21)10-15)13-3-1-2-12(6-13)7-18-17(22)4-5-23(18)19-11-24-19/h1-3,6,8-10,17-19H,4-5,7,11,22H2. The number of nitrogens with zero attached hydrogens (tertiary/aromatic N) is 1. The van der Waals surface area contributed by atoms with E-state index in [1.54, 1.807) is 0 Å². The second kappa shape index (κ2) is 6.24. The summed E-state index contributed by atoms with van der Waals surface area (Å²) in [5, 5.41) is 0. The van der Waals surface area contributed by atoms with Crippen molar-refractivity contribution in [2.45, 2.75) is 31.2 Å². The molecule has 2 aromatic carbocycles. The normalized spacial score (nSPS) is 26.7. The maximum absolute atomic E-state index is 13.5. The summed E-state index contributed by atoms with van der Waals surface area (Å²) >= 11 is 0. The highest BCUT2D eigenvalue weighted by molar-refractivity contribution is 5.64. The predicted molar refractivity (Wildman–Crippen MR) is 88.3 cm³/mol. The van der Waals surface area contributed by atoms with Crippen LogP contribution in [0.1, 0.15) is 12.0 Å². The van der Waals surface area contributed by atoms with Gasteiger partial charge in [-0.05, 0) is 41.7 Å². The third-order valence-corrected chi connectivity index (χ3v) is 4.89. The van der Waals surface area contributed by atoms with Gasteiger partial charge in [0.2, 0.25) is 0 Å².